The van der Waals surface area contributed by atoms with Gasteiger partial charge in [0, 0.05) is 35.2 Å². The zero-order valence-corrected chi connectivity index (χ0v) is 26.0. The maximum absolute atomic E-state index is 13.5. The molecule has 0 radical (unpaired) electrons. The molecule has 1 amide bonds. The molecular weight excluding hydrogens is 631 g/mol. The fourth-order valence-corrected chi connectivity index (χ4v) is 5.18. The number of amides is 1. The average molecular weight is 657 g/mol. The van der Waals surface area contributed by atoms with Crippen LogP contribution in [0.15, 0.2) is 132 Å². The Kier molecular flexibility index (Phi) is 8.55. The maximum Gasteiger partial charge on any atom is 0.262 e. The molecule has 0 aliphatic heterocycles. The number of anilines is 1. The van der Waals surface area contributed by atoms with Crippen LogP contribution < -0.4 is 15.5 Å². The van der Waals surface area contributed by atoms with E-state index < -0.39 is 17.2 Å². The number of nitrogens with one attached hydrogen (secondary N) is 1. The highest BCUT2D eigenvalue weighted by molar-refractivity contribution is 6.34. The first-order valence-electron chi connectivity index (χ1n) is 15.1. The molecule has 0 saturated heterocycles. The molecule has 0 spiro atoms. The molecule has 236 valence electrons. The van der Waals surface area contributed by atoms with Gasteiger partial charge in [0.1, 0.15) is 33.7 Å². The smallest absolute Gasteiger partial charge is 0.262 e. The summed E-state index contributed by atoms with van der Waals surface area (Å²) >= 11 is 6.74. The van der Waals surface area contributed by atoms with E-state index in [1.807, 2.05) is 60.7 Å². The predicted octanol–water partition coefficient (Wildman–Crippen LogP) is 8.04. The van der Waals surface area contributed by atoms with Gasteiger partial charge >= 0.3 is 0 Å². The molecule has 1 saturated carbocycles. The molecule has 1 aliphatic rings. The third-order valence-corrected chi connectivity index (χ3v) is 7.93. The van der Waals surface area contributed by atoms with Crippen molar-refractivity contribution < 1.29 is 13.9 Å². The number of aromatic nitrogens is 4. The largest absolute Gasteiger partial charge is 0.454 e. The van der Waals surface area contributed by atoms with Gasteiger partial charge in [0.2, 0.25) is 5.43 Å². The van der Waals surface area contributed by atoms with Gasteiger partial charge in [-0.25, -0.2) is 19.4 Å². The Bertz CT molecular complexity index is 2150. The zero-order chi connectivity index (χ0) is 33.0. The maximum atomic E-state index is 13.5. The molecule has 3 heterocycles. The van der Waals surface area contributed by atoms with E-state index in [-0.39, 0.29) is 34.0 Å². The van der Waals surface area contributed by atoms with Crippen molar-refractivity contribution in [1.29, 1.82) is 0 Å². The van der Waals surface area contributed by atoms with Gasteiger partial charge in [-0.3, -0.25) is 14.3 Å². The molecule has 1 aliphatic carbocycles. The molecule has 0 atom stereocenters. The molecule has 3 aromatic carbocycles. The first-order chi connectivity index (χ1) is 23.4. The lowest BCUT2D eigenvalue weighted by Crippen LogP contribution is -2.26. The Labute approximate surface area is 279 Å². The van der Waals surface area contributed by atoms with E-state index in [4.69, 9.17) is 21.3 Å². The van der Waals surface area contributed by atoms with Crippen molar-refractivity contribution >= 4 is 34.9 Å². The third kappa shape index (κ3) is 6.74. The van der Waals surface area contributed by atoms with Gasteiger partial charge in [-0.1, -0.05) is 72.3 Å². The molecule has 48 heavy (non-hydrogen) atoms. The first kappa shape index (κ1) is 30.6. The Morgan fingerprint density at radius 1 is 0.896 bits per heavy atom. The van der Waals surface area contributed by atoms with Crippen LogP contribution in [0.5, 0.6) is 11.5 Å². The highest BCUT2D eigenvalue weighted by Gasteiger charge is 2.27. The van der Waals surface area contributed by atoms with Crippen molar-refractivity contribution in [2.24, 2.45) is 4.99 Å². The second-order valence-electron chi connectivity index (χ2n) is 11.0. The second kappa shape index (κ2) is 13.4. The van der Waals surface area contributed by atoms with Crippen LogP contribution in [0.25, 0.3) is 11.3 Å². The lowest BCUT2D eigenvalue weighted by atomic mass is 10.0. The minimum atomic E-state index is -0.645. The Balaban J connectivity index is 1.11. The van der Waals surface area contributed by atoms with Gasteiger partial charge in [-0.15, -0.1) is 0 Å². The lowest BCUT2D eigenvalue weighted by Gasteiger charge is -2.12. The summed E-state index contributed by atoms with van der Waals surface area (Å²) in [7, 11) is 0. The summed E-state index contributed by atoms with van der Waals surface area (Å²) in [5.41, 5.74) is 2.34. The minimum Gasteiger partial charge on any atom is -0.454 e. The quantitative estimate of drug-likeness (QED) is 0.158. The molecule has 6 aromatic rings. The van der Waals surface area contributed by atoms with Gasteiger partial charge in [0.15, 0.2) is 11.6 Å². The number of hydrogen-bond donors (Lipinski definition) is 1. The van der Waals surface area contributed by atoms with Crippen molar-refractivity contribution in [2.75, 3.05) is 5.32 Å². The highest BCUT2D eigenvalue weighted by Crippen LogP contribution is 2.36. The molecule has 0 bridgehead atoms. The number of carbonyl (C=O) groups excluding carboxylic acids is 1. The zero-order valence-electron chi connectivity index (χ0n) is 25.3. The van der Waals surface area contributed by atoms with Crippen molar-refractivity contribution in [3.05, 3.63) is 159 Å². The predicted molar refractivity (Wildman–Crippen MR) is 182 cm³/mol. The van der Waals surface area contributed by atoms with Crippen LogP contribution in [0, 0.1) is 5.82 Å². The molecule has 3 aromatic heterocycles. The van der Waals surface area contributed by atoms with E-state index in [2.05, 4.69) is 20.4 Å². The standard InChI is InChI=1S/C37H26ClFN6O3/c38-32-30(19-20-40-36(32)43-33(23-7-3-1-4-8-23)24-9-5-2-6-10-24)48-28-17-18-31(41-21-28)42-37(47)29-22-45(27-15-16-27)44-34(35(29)46)25-11-13-26(39)14-12-25/h1-14,17-22,27H,15-16H2,(H,41,42,47). The van der Waals surface area contributed by atoms with Crippen molar-refractivity contribution in [3.8, 4) is 22.8 Å². The fraction of sp³-hybridized carbons (Fsp3) is 0.0811. The molecule has 0 unspecified atom stereocenters. The SMILES string of the molecule is O=C(Nc1ccc(Oc2ccnc(N=C(c3ccccc3)c3ccccc3)c2Cl)cn1)c1cn(C2CC2)nc(-c2ccc(F)cc2)c1=O. The number of carbonyl (C=O) groups is 1. The number of halogens is 2. The van der Waals surface area contributed by atoms with E-state index >= 15 is 0 Å². The number of ether oxygens (including phenoxy) is 1. The summed E-state index contributed by atoms with van der Waals surface area (Å²) in [5, 5.41) is 7.33. The number of benzene rings is 3. The summed E-state index contributed by atoms with van der Waals surface area (Å²) in [5.74, 6) is 0.0631. The number of nitrogens with zero attached hydrogens (tertiary/aromatic N) is 5. The van der Waals surface area contributed by atoms with Crippen LogP contribution in [0.2, 0.25) is 5.02 Å². The average Bonchev–Trinajstić information content (AvgIpc) is 3.97. The van der Waals surface area contributed by atoms with Gasteiger partial charge < -0.3 is 10.1 Å². The van der Waals surface area contributed by atoms with Gasteiger partial charge in [-0.2, -0.15) is 5.10 Å². The first-order valence-corrected chi connectivity index (χ1v) is 15.5. The third-order valence-electron chi connectivity index (χ3n) is 7.57. The monoisotopic (exact) mass is 656 g/mol. The van der Waals surface area contributed by atoms with Crippen molar-refractivity contribution in [2.45, 2.75) is 18.9 Å². The van der Waals surface area contributed by atoms with Gasteiger partial charge in [0.25, 0.3) is 5.91 Å². The Morgan fingerprint density at radius 2 is 1.58 bits per heavy atom. The van der Waals surface area contributed by atoms with E-state index in [1.165, 1.54) is 36.7 Å². The normalized spacial score (nSPS) is 12.3. The number of aliphatic imine (C=N–C) groups is 1. The summed E-state index contributed by atoms with van der Waals surface area (Å²) in [6, 6.07) is 29.8. The summed E-state index contributed by atoms with van der Waals surface area (Å²) in [6.07, 6.45) is 6.21. The number of hydrogen-bond acceptors (Lipinski definition) is 7. The van der Waals surface area contributed by atoms with Crippen molar-refractivity contribution in [3.63, 3.8) is 0 Å². The topological polar surface area (TPSA) is 111 Å². The van der Waals surface area contributed by atoms with Crippen LogP contribution in [0.3, 0.4) is 0 Å². The molecule has 1 fully saturated rings. The Morgan fingerprint density at radius 3 is 2.21 bits per heavy atom. The van der Waals surface area contributed by atoms with Crippen molar-refractivity contribution in [1.82, 2.24) is 19.7 Å². The van der Waals surface area contributed by atoms with E-state index in [0.717, 1.165) is 24.0 Å². The summed E-state index contributed by atoms with van der Waals surface area (Å²) in [4.78, 5) is 40.1. The van der Waals surface area contributed by atoms with E-state index in [9.17, 15) is 14.0 Å². The molecule has 1 N–H and O–H groups in total. The molecule has 11 heteroatoms. The van der Waals surface area contributed by atoms with Gasteiger partial charge in [-0.05, 0) is 49.2 Å². The van der Waals surface area contributed by atoms with E-state index in [1.54, 1.807) is 29.1 Å². The van der Waals surface area contributed by atoms with Crippen LogP contribution in [-0.4, -0.2) is 31.4 Å². The summed E-state index contributed by atoms with van der Waals surface area (Å²) < 4.78 is 21.2. The number of rotatable bonds is 9. The number of pyridine rings is 2. The van der Waals surface area contributed by atoms with Gasteiger partial charge in [0.05, 0.1) is 18.0 Å². The minimum absolute atomic E-state index is 0.0730. The van der Waals surface area contributed by atoms with Crippen LogP contribution in [0.1, 0.15) is 40.4 Å². The highest BCUT2D eigenvalue weighted by atomic mass is 35.5. The van der Waals surface area contributed by atoms with Crippen LogP contribution in [-0.2, 0) is 0 Å². The van der Waals surface area contributed by atoms with Crippen LogP contribution in [0.4, 0.5) is 16.0 Å². The second-order valence-corrected chi connectivity index (χ2v) is 11.4. The summed E-state index contributed by atoms with van der Waals surface area (Å²) in [6.45, 7) is 0. The lowest BCUT2D eigenvalue weighted by molar-refractivity contribution is 0.102. The van der Waals surface area contributed by atoms with Crippen LogP contribution >= 0.6 is 11.6 Å². The molecular formula is C37H26ClFN6O3. The molecule has 9 nitrogen and oxygen atoms in total. The van der Waals surface area contributed by atoms with E-state index in [0.29, 0.717) is 22.8 Å². The fourth-order valence-electron chi connectivity index (χ4n) is 4.98. The molecule has 7 rings (SSSR count). The Hall–Kier alpha value is -6.00.